The van der Waals surface area contributed by atoms with Gasteiger partial charge in [0.05, 0.1) is 4.90 Å². The molecule has 0 aliphatic heterocycles. The van der Waals surface area contributed by atoms with Gasteiger partial charge in [-0.2, -0.15) is 0 Å². The molecule has 0 bridgehead atoms. The zero-order chi connectivity index (χ0) is 23.4. The van der Waals surface area contributed by atoms with Crippen molar-refractivity contribution in [3.05, 3.63) is 65.5 Å². The molecule has 8 heteroatoms. The Morgan fingerprint density at radius 3 is 2.21 bits per heavy atom. The molecule has 4 rings (SSSR count). The van der Waals surface area contributed by atoms with Gasteiger partial charge in [0.25, 0.3) is 10.0 Å². The molecule has 1 aromatic heterocycles. The fourth-order valence-electron chi connectivity index (χ4n) is 4.14. The monoisotopic (exact) mass is 465 g/mol. The lowest BCUT2D eigenvalue weighted by molar-refractivity contribution is 0.462. The topological polar surface area (TPSA) is 96.0 Å². The van der Waals surface area contributed by atoms with Gasteiger partial charge < -0.3 is 10.6 Å². The van der Waals surface area contributed by atoms with Crippen molar-refractivity contribution in [2.24, 2.45) is 0 Å². The molecule has 1 fully saturated rings. The molecule has 0 amide bonds. The minimum absolute atomic E-state index is 0.291. The Kier molecular flexibility index (Phi) is 6.83. The van der Waals surface area contributed by atoms with Crippen molar-refractivity contribution < 1.29 is 8.42 Å². The van der Waals surface area contributed by atoms with Crippen LogP contribution in [0, 0.1) is 20.8 Å². The highest BCUT2D eigenvalue weighted by Gasteiger charge is 2.17. The second-order valence-electron chi connectivity index (χ2n) is 8.74. The molecule has 0 spiro atoms. The second-order valence-corrected chi connectivity index (χ2v) is 10.4. The van der Waals surface area contributed by atoms with Gasteiger partial charge in [0, 0.05) is 23.5 Å². The van der Waals surface area contributed by atoms with Gasteiger partial charge in [-0.25, -0.2) is 18.4 Å². The fraction of sp³-hybridized carbons (Fsp3) is 0.360. The summed E-state index contributed by atoms with van der Waals surface area (Å²) < 4.78 is 28.3. The van der Waals surface area contributed by atoms with E-state index in [0.717, 1.165) is 17.1 Å². The van der Waals surface area contributed by atoms with E-state index in [0.29, 0.717) is 33.8 Å². The van der Waals surface area contributed by atoms with Crippen molar-refractivity contribution in [1.82, 2.24) is 9.97 Å². The number of aromatic nitrogens is 2. The van der Waals surface area contributed by atoms with Gasteiger partial charge in [0.1, 0.15) is 17.5 Å². The zero-order valence-corrected chi connectivity index (χ0v) is 20.2. The van der Waals surface area contributed by atoms with Crippen LogP contribution in [0.3, 0.4) is 0 Å². The first kappa shape index (κ1) is 23.0. The smallest absolute Gasteiger partial charge is 0.262 e. The predicted molar refractivity (Wildman–Crippen MR) is 134 cm³/mol. The lowest BCUT2D eigenvalue weighted by atomic mass is 9.95. The number of benzene rings is 2. The van der Waals surface area contributed by atoms with Crippen LogP contribution in [0.4, 0.5) is 23.0 Å². The van der Waals surface area contributed by atoms with Crippen molar-refractivity contribution in [3.8, 4) is 0 Å². The van der Waals surface area contributed by atoms with E-state index < -0.39 is 10.0 Å². The lowest BCUT2D eigenvalue weighted by Crippen LogP contribution is -2.23. The SMILES string of the molecule is Cc1ccc(C)c(S(=O)(=O)Nc2ccc(Nc3cc(NC4CCCCC4)nc(C)n3)cc2)c1. The van der Waals surface area contributed by atoms with Crippen molar-refractivity contribution in [2.75, 3.05) is 15.4 Å². The van der Waals surface area contributed by atoms with Crippen molar-refractivity contribution >= 4 is 33.0 Å². The van der Waals surface area contributed by atoms with Crippen LogP contribution < -0.4 is 15.4 Å². The number of nitrogens with zero attached hydrogens (tertiary/aromatic N) is 2. The third-order valence-electron chi connectivity index (χ3n) is 5.84. The Labute approximate surface area is 196 Å². The Morgan fingerprint density at radius 2 is 1.48 bits per heavy atom. The Balaban J connectivity index is 1.45. The number of rotatable bonds is 7. The van der Waals surface area contributed by atoms with Crippen LogP contribution in [0.5, 0.6) is 0 Å². The Bertz CT molecular complexity index is 1220. The minimum Gasteiger partial charge on any atom is -0.367 e. The van der Waals surface area contributed by atoms with Gasteiger partial charge in [-0.3, -0.25) is 4.72 Å². The van der Waals surface area contributed by atoms with Gasteiger partial charge in [-0.1, -0.05) is 31.4 Å². The number of anilines is 4. The maximum Gasteiger partial charge on any atom is 0.262 e. The molecule has 1 heterocycles. The van der Waals surface area contributed by atoms with Crippen molar-refractivity contribution in [1.29, 1.82) is 0 Å². The second kappa shape index (κ2) is 9.79. The summed E-state index contributed by atoms with van der Waals surface area (Å²) in [6, 6.07) is 14.9. The predicted octanol–water partition coefficient (Wildman–Crippen LogP) is 5.69. The van der Waals surface area contributed by atoms with Crippen molar-refractivity contribution in [2.45, 2.75) is 63.8 Å². The van der Waals surface area contributed by atoms with Crippen LogP contribution in [0.25, 0.3) is 0 Å². The van der Waals surface area contributed by atoms with Gasteiger partial charge in [0.15, 0.2) is 0 Å². The molecule has 3 N–H and O–H groups in total. The summed E-state index contributed by atoms with van der Waals surface area (Å²) in [5.74, 6) is 2.22. The van der Waals surface area contributed by atoms with E-state index in [9.17, 15) is 8.42 Å². The highest BCUT2D eigenvalue weighted by Crippen LogP contribution is 2.25. The summed E-state index contributed by atoms with van der Waals surface area (Å²) >= 11 is 0. The summed E-state index contributed by atoms with van der Waals surface area (Å²) in [4.78, 5) is 9.31. The van der Waals surface area contributed by atoms with Crippen LogP contribution in [0.2, 0.25) is 0 Å². The maximum absolute atomic E-state index is 12.8. The molecule has 174 valence electrons. The molecule has 1 saturated carbocycles. The van der Waals surface area contributed by atoms with Crippen LogP contribution in [0.1, 0.15) is 49.1 Å². The number of nitrogens with one attached hydrogen (secondary N) is 3. The highest BCUT2D eigenvalue weighted by molar-refractivity contribution is 7.92. The van der Waals surface area contributed by atoms with Crippen LogP contribution >= 0.6 is 0 Å². The maximum atomic E-state index is 12.8. The van der Waals surface area contributed by atoms with Gasteiger partial charge >= 0.3 is 0 Å². The molecule has 1 aliphatic rings. The van der Waals surface area contributed by atoms with Gasteiger partial charge in [-0.05, 0) is 75.1 Å². The van der Waals surface area contributed by atoms with E-state index in [2.05, 4.69) is 25.3 Å². The van der Waals surface area contributed by atoms with E-state index in [-0.39, 0.29) is 0 Å². The lowest BCUT2D eigenvalue weighted by Gasteiger charge is -2.23. The number of hydrogen-bond donors (Lipinski definition) is 3. The summed E-state index contributed by atoms with van der Waals surface area (Å²) in [6.45, 7) is 5.55. The van der Waals surface area contributed by atoms with Crippen molar-refractivity contribution in [3.63, 3.8) is 0 Å². The van der Waals surface area contributed by atoms with Crippen LogP contribution in [-0.2, 0) is 10.0 Å². The molecule has 2 aromatic carbocycles. The fourth-order valence-corrected chi connectivity index (χ4v) is 5.53. The standard InChI is InChI=1S/C25H31N5O2S/c1-17-9-10-18(2)23(15-17)33(31,32)30-22-13-11-21(12-14-22)29-25-16-24(26-19(3)27-25)28-20-7-5-4-6-8-20/h9-16,20,30H,4-8H2,1-3H3,(H2,26,27,28,29). The molecular formula is C25H31N5O2S. The van der Waals surface area contributed by atoms with E-state index in [1.54, 1.807) is 25.1 Å². The number of hydrogen-bond acceptors (Lipinski definition) is 6. The van der Waals surface area contributed by atoms with E-state index in [1.807, 2.05) is 44.2 Å². The molecule has 0 atom stereocenters. The van der Waals surface area contributed by atoms with Gasteiger partial charge in [-0.15, -0.1) is 0 Å². The molecular weight excluding hydrogens is 434 g/mol. The molecule has 33 heavy (non-hydrogen) atoms. The summed E-state index contributed by atoms with van der Waals surface area (Å²) in [5.41, 5.74) is 2.92. The number of aryl methyl sites for hydroxylation is 3. The molecule has 0 radical (unpaired) electrons. The average Bonchev–Trinajstić information content (AvgIpc) is 2.77. The summed E-state index contributed by atoms with van der Waals surface area (Å²) in [7, 11) is -3.66. The molecule has 0 saturated heterocycles. The van der Waals surface area contributed by atoms with E-state index in [4.69, 9.17) is 0 Å². The summed E-state index contributed by atoms with van der Waals surface area (Å²) in [5, 5.41) is 6.83. The Hall–Kier alpha value is -3.13. The quantitative estimate of drug-likeness (QED) is 0.415. The summed E-state index contributed by atoms with van der Waals surface area (Å²) in [6.07, 6.45) is 6.17. The van der Waals surface area contributed by atoms with E-state index in [1.165, 1.54) is 32.1 Å². The van der Waals surface area contributed by atoms with Crippen LogP contribution in [-0.4, -0.2) is 24.4 Å². The van der Waals surface area contributed by atoms with Gasteiger partial charge in [0.2, 0.25) is 0 Å². The number of sulfonamides is 1. The molecule has 7 nitrogen and oxygen atoms in total. The minimum atomic E-state index is -3.66. The first-order chi connectivity index (χ1) is 15.8. The third-order valence-corrected chi connectivity index (χ3v) is 7.36. The highest BCUT2D eigenvalue weighted by atomic mass is 32.2. The first-order valence-corrected chi connectivity index (χ1v) is 12.9. The normalized spacial score (nSPS) is 14.6. The van der Waals surface area contributed by atoms with Crippen LogP contribution in [0.15, 0.2) is 53.4 Å². The zero-order valence-electron chi connectivity index (χ0n) is 19.4. The molecule has 1 aliphatic carbocycles. The molecule has 0 unspecified atom stereocenters. The largest absolute Gasteiger partial charge is 0.367 e. The average molecular weight is 466 g/mol. The first-order valence-electron chi connectivity index (χ1n) is 11.4. The molecule has 3 aromatic rings. The Morgan fingerprint density at radius 1 is 0.818 bits per heavy atom. The van der Waals surface area contributed by atoms with E-state index >= 15 is 0 Å². The third kappa shape index (κ3) is 6.01.